The third kappa shape index (κ3) is 5.09. The molecule has 4 aromatic rings. The van der Waals surface area contributed by atoms with Crippen LogP contribution in [0.5, 0.6) is 0 Å². The first-order chi connectivity index (χ1) is 15.6. The molecule has 0 aliphatic rings. The van der Waals surface area contributed by atoms with Crippen LogP contribution in [0.4, 0.5) is 0 Å². The Labute approximate surface area is 189 Å². The van der Waals surface area contributed by atoms with Gasteiger partial charge in [-0.05, 0) is 41.7 Å². The van der Waals surface area contributed by atoms with Gasteiger partial charge in [-0.1, -0.05) is 64.6 Å². The molecule has 0 radical (unpaired) electrons. The number of aryl methyl sites for hydroxylation is 1. The van der Waals surface area contributed by atoms with Gasteiger partial charge >= 0.3 is 0 Å². The fourth-order valence-electron chi connectivity index (χ4n) is 3.36. The van der Waals surface area contributed by atoms with Gasteiger partial charge in [-0.25, -0.2) is 0 Å². The van der Waals surface area contributed by atoms with E-state index in [1.54, 1.807) is 23.8 Å². The zero-order chi connectivity index (χ0) is 22.3. The van der Waals surface area contributed by atoms with Crippen molar-refractivity contribution >= 4 is 23.3 Å². The lowest BCUT2D eigenvalue weighted by atomic mass is 10.0. The van der Waals surface area contributed by atoms with Crippen molar-refractivity contribution in [3.63, 3.8) is 0 Å². The Balaban J connectivity index is 1.69. The number of hydrogen-bond donors (Lipinski definition) is 1. The number of nitrogens with zero attached hydrogens (tertiary/aromatic N) is 3. The van der Waals surface area contributed by atoms with Gasteiger partial charge in [-0.15, -0.1) is 5.10 Å². The predicted molar refractivity (Wildman–Crippen MR) is 121 cm³/mol. The van der Waals surface area contributed by atoms with Crippen LogP contribution in [0.2, 0.25) is 0 Å². The van der Waals surface area contributed by atoms with Crippen LogP contribution in [0.15, 0.2) is 82.8 Å². The summed E-state index contributed by atoms with van der Waals surface area (Å²) in [6.07, 6.45) is 1.54. The lowest BCUT2D eigenvalue weighted by Crippen LogP contribution is -2.43. The highest BCUT2D eigenvalue weighted by Gasteiger charge is 2.33. The second kappa shape index (κ2) is 10.0. The van der Waals surface area contributed by atoms with Gasteiger partial charge in [0, 0.05) is 11.9 Å². The van der Waals surface area contributed by atoms with E-state index in [0.717, 1.165) is 22.7 Å². The van der Waals surface area contributed by atoms with Crippen LogP contribution < -0.4 is 5.32 Å². The Morgan fingerprint density at radius 3 is 2.50 bits per heavy atom. The fourth-order valence-corrected chi connectivity index (χ4v) is 3.79. The molecule has 2 aromatic carbocycles. The zero-order valence-corrected chi connectivity index (χ0v) is 18.3. The number of amides is 2. The average Bonchev–Trinajstić information content (AvgIpc) is 3.53. The van der Waals surface area contributed by atoms with E-state index in [1.165, 1.54) is 4.90 Å². The van der Waals surface area contributed by atoms with Crippen molar-refractivity contribution < 1.29 is 14.0 Å². The van der Waals surface area contributed by atoms with Gasteiger partial charge in [0.15, 0.2) is 5.69 Å². The number of aromatic nitrogens is 2. The summed E-state index contributed by atoms with van der Waals surface area (Å²) in [6.45, 7) is 2.44. The molecule has 2 aromatic heterocycles. The summed E-state index contributed by atoms with van der Waals surface area (Å²) in [5, 5.41) is 8.47. The van der Waals surface area contributed by atoms with Crippen molar-refractivity contribution in [2.75, 3.05) is 0 Å². The number of furan rings is 1. The Hall–Kier alpha value is -3.78. The van der Waals surface area contributed by atoms with Gasteiger partial charge in [0.25, 0.3) is 5.91 Å². The molecule has 0 aliphatic heterocycles. The largest absolute Gasteiger partial charge is 0.467 e. The highest BCUT2D eigenvalue weighted by atomic mass is 32.1. The maximum atomic E-state index is 13.5. The second-order valence-electron chi connectivity index (χ2n) is 7.32. The number of nitrogens with one attached hydrogen (secondary N) is 1. The van der Waals surface area contributed by atoms with E-state index in [2.05, 4.69) is 14.9 Å². The van der Waals surface area contributed by atoms with E-state index < -0.39 is 11.9 Å². The van der Waals surface area contributed by atoms with Crippen molar-refractivity contribution in [1.82, 2.24) is 19.8 Å². The Morgan fingerprint density at radius 2 is 1.84 bits per heavy atom. The summed E-state index contributed by atoms with van der Waals surface area (Å²) in [7, 11) is 0. The molecular weight excluding hydrogens is 424 g/mol. The summed E-state index contributed by atoms with van der Waals surface area (Å²) in [5.74, 6) is -0.120. The van der Waals surface area contributed by atoms with Crippen LogP contribution in [0, 0.1) is 6.92 Å². The second-order valence-corrected chi connectivity index (χ2v) is 7.93. The molecule has 32 heavy (non-hydrogen) atoms. The van der Waals surface area contributed by atoms with Gasteiger partial charge in [0.1, 0.15) is 11.8 Å². The third-order valence-corrected chi connectivity index (χ3v) is 5.51. The number of rotatable bonds is 8. The molecule has 4 rings (SSSR count). The van der Waals surface area contributed by atoms with Crippen molar-refractivity contribution in [3.8, 4) is 0 Å². The highest BCUT2D eigenvalue weighted by Crippen LogP contribution is 2.26. The minimum atomic E-state index is -0.876. The number of benzene rings is 2. The first-order valence-corrected chi connectivity index (χ1v) is 10.9. The lowest BCUT2D eigenvalue weighted by Gasteiger charge is -2.30. The van der Waals surface area contributed by atoms with Crippen LogP contribution in [-0.2, 0) is 17.9 Å². The molecule has 0 fully saturated rings. The van der Waals surface area contributed by atoms with E-state index in [0.29, 0.717) is 17.9 Å². The molecule has 2 heterocycles. The quantitative estimate of drug-likeness (QED) is 0.439. The molecule has 8 heteroatoms. The van der Waals surface area contributed by atoms with Crippen molar-refractivity contribution in [3.05, 3.63) is 107 Å². The SMILES string of the molecule is Cc1ccc(C(C(=O)NCc2ccccc2)N(Cc2ccco2)C(=O)c2csnn2)cc1. The smallest absolute Gasteiger partial charge is 0.276 e. The van der Waals surface area contributed by atoms with E-state index in [9.17, 15) is 9.59 Å². The first kappa shape index (κ1) is 21.5. The zero-order valence-electron chi connectivity index (χ0n) is 17.5. The van der Waals surface area contributed by atoms with E-state index in [4.69, 9.17) is 4.42 Å². The van der Waals surface area contributed by atoms with Gasteiger partial charge in [-0.3, -0.25) is 9.59 Å². The van der Waals surface area contributed by atoms with Gasteiger partial charge < -0.3 is 14.6 Å². The number of hydrogen-bond acceptors (Lipinski definition) is 6. The van der Waals surface area contributed by atoms with Gasteiger partial charge in [0.2, 0.25) is 5.91 Å². The van der Waals surface area contributed by atoms with Crippen LogP contribution in [0.3, 0.4) is 0 Å². The van der Waals surface area contributed by atoms with Crippen LogP contribution in [-0.4, -0.2) is 26.3 Å². The molecule has 7 nitrogen and oxygen atoms in total. The first-order valence-electron chi connectivity index (χ1n) is 10.1. The van der Waals surface area contributed by atoms with Gasteiger partial charge in [0.05, 0.1) is 12.8 Å². The minimum Gasteiger partial charge on any atom is -0.467 e. The highest BCUT2D eigenvalue weighted by molar-refractivity contribution is 7.03. The monoisotopic (exact) mass is 446 g/mol. The van der Waals surface area contributed by atoms with Crippen molar-refractivity contribution in [2.45, 2.75) is 26.1 Å². The molecule has 0 saturated carbocycles. The van der Waals surface area contributed by atoms with Gasteiger partial charge in [-0.2, -0.15) is 0 Å². The van der Waals surface area contributed by atoms with Crippen LogP contribution in [0.1, 0.15) is 39.0 Å². The predicted octanol–water partition coefficient (Wildman–Crippen LogP) is 4.14. The summed E-state index contributed by atoms with van der Waals surface area (Å²) in [5.41, 5.74) is 2.92. The Kier molecular flexibility index (Phi) is 6.72. The fraction of sp³-hybridized carbons (Fsp3) is 0.167. The Bertz CT molecular complexity index is 1140. The molecule has 0 bridgehead atoms. The molecule has 1 atom stereocenters. The van der Waals surface area contributed by atoms with Crippen LogP contribution >= 0.6 is 11.5 Å². The standard InChI is InChI=1S/C24H22N4O3S/c1-17-9-11-19(12-10-17)22(23(29)25-14-18-6-3-2-4-7-18)28(15-20-8-5-13-31-20)24(30)21-16-32-27-26-21/h2-13,16,22H,14-15H2,1H3,(H,25,29). The molecule has 162 valence electrons. The summed E-state index contributed by atoms with van der Waals surface area (Å²) < 4.78 is 9.29. The van der Waals surface area contributed by atoms with Crippen molar-refractivity contribution in [2.24, 2.45) is 0 Å². The molecular formula is C24H22N4O3S. The Morgan fingerprint density at radius 1 is 1.06 bits per heavy atom. The number of carbonyl (C=O) groups excluding carboxylic acids is 2. The maximum Gasteiger partial charge on any atom is 0.276 e. The topological polar surface area (TPSA) is 88.3 Å². The molecule has 2 amide bonds. The maximum absolute atomic E-state index is 13.5. The van der Waals surface area contributed by atoms with E-state index in [-0.39, 0.29) is 18.1 Å². The molecule has 1 unspecified atom stereocenters. The average molecular weight is 447 g/mol. The number of carbonyl (C=O) groups is 2. The molecule has 0 aliphatic carbocycles. The van der Waals surface area contributed by atoms with Crippen molar-refractivity contribution in [1.29, 1.82) is 0 Å². The third-order valence-electron chi connectivity index (χ3n) is 5.01. The summed E-state index contributed by atoms with van der Waals surface area (Å²) in [4.78, 5) is 28.4. The normalized spacial score (nSPS) is 11.7. The lowest BCUT2D eigenvalue weighted by molar-refractivity contribution is -0.126. The molecule has 1 N–H and O–H groups in total. The van der Waals surface area contributed by atoms with Crippen LogP contribution in [0.25, 0.3) is 0 Å². The summed E-state index contributed by atoms with van der Waals surface area (Å²) in [6, 6.07) is 19.9. The van der Waals surface area contributed by atoms with E-state index in [1.807, 2.05) is 61.5 Å². The van der Waals surface area contributed by atoms with E-state index >= 15 is 0 Å². The molecule has 0 saturated heterocycles. The summed E-state index contributed by atoms with van der Waals surface area (Å²) >= 11 is 1.09. The minimum absolute atomic E-state index is 0.112. The molecule has 0 spiro atoms.